The third kappa shape index (κ3) is 2.89. The summed E-state index contributed by atoms with van der Waals surface area (Å²) in [5.74, 6) is -0.316. The Morgan fingerprint density at radius 2 is 1.40 bits per heavy atom. The Bertz CT molecular complexity index is 595. The first kappa shape index (κ1) is 14.3. The number of hydrogen-bond acceptors (Lipinski definition) is 3. The molecule has 1 heterocycles. The van der Waals surface area contributed by atoms with E-state index in [4.69, 9.17) is 0 Å². The first-order valence-corrected chi connectivity index (χ1v) is 5.11. The van der Waals surface area contributed by atoms with Crippen molar-refractivity contribution in [3.8, 4) is 11.4 Å². The molecule has 0 aliphatic rings. The Labute approximate surface area is 108 Å². The summed E-state index contributed by atoms with van der Waals surface area (Å²) < 4.78 is 75.8. The van der Waals surface area contributed by atoms with E-state index in [-0.39, 0.29) is 11.9 Å². The van der Waals surface area contributed by atoms with Crippen molar-refractivity contribution >= 4 is 0 Å². The molecule has 10 heteroatoms. The van der Waals surface area contributed by atoms with Gasteiger partial charge in [0.1, 0.15) is 0 Å². The predicted octanol–water partition coefficient (Wildman–Crippen LogP) is 2.91. The summed E-state index contributed by atoms with van der Waals surface area (Å²) in [6, 6.07) is 1.14. The molecule has 0 aliphatic heterocycles. The molecule has 0 saturated heterocycles. The third-order valence-electron chi connectivity index (χ3n) is 2.35. The van der Waals surface area contributed by atoms with Gasteiger partial charge in [0.15, 0.2) is 0 Å². The minimum atomic E-state index is -4.90. The minimum absolute atomic E-state index is 0.0415. The number of aromatic nitrogens is 4. The van der Waals surface area contributed by atoms with E-state index < -0.39 is 29.0 Å². The molecule has 0 amide bonds. The van der Waals surface area contributed by atoms with Crippen LogP contribution >= 0.6 is 0 Å². The average Bonchev–Trinajstić information content (AvgIpc) is 2.73. The lowest BCUT2D eigenvalue weighted by atomic mass is 10.0. The van der Waals surface area contributed by atoms with E-state index >= 15 is 0 Å². The van der Waals surface area contributed by atoms with Gasteiger partial charge in [0.05, 0.1) is 18.2 Å². The van der Waals surface area contributed by atoms with Crippen LogP contribution in [0.5, 0.6) is 0 Å². The molecule has 0 atom stereocenters. The van der Waals surface area contributed by atoms with Crippen molar-refractivity contribution in [1.29, 1.82) is 0 Å². The van der Waals surface area contributed by atoms with Gasteiger partial charge in [0, 0.05) is 5.56 Å². The van der Waals surface area contributed by atoms with Crippen LogP contribution < -0.4 is 0 Å². The molecule has 2 rings (SSSR count). The lowest BCUT2D eigenvalue weighted by Crippen LogP contribution is -2.11. The summed E-state index contributed by atoms with van der Waals surface area (Å²) in [5.41, 5.74) is -3.25. The fourth-order valence-electron chi connectivity index (χ4n) is 1.48. The maximum atomic E-state index is 12.6. The smallest absolute Gasteiger partial charge is 0.167 e. The van der Waals surface area contributed by atoms with E-state index in [0.29, 0.717) is 12.1 Å². The van der Waals surface area contributed by atoms with E-state index in [2.05, 4.69) is 15.4 Å². The Morgan fingerprint density at radius 1 is 0.900 bits per heavy atom. The van der Waals surface area contributed by atoms with Gasteiger partial charge in [-0.2, -0.15) is 31.1 Å². The predicted molar refractivity (Wildman–Crippen MR) is 54.2 cm³/mol. The summed E-state index contributed by atoms with van der Waals surface area (Å²) >= 11 is 0. The van der Waals surface area contributed by atoms with Crippen LogP contribution in [0.4, 0.5) is 26.3 Å². The van der Waals surface area contributed by atoms with Crippen molar-refractivity contribution in [1.82, 2.24) is 20.2 Å². The average molecular weight is 296 g/mol. The number of hydrogen-bond donors (Lipinski definition) is 0. The molecule has 4 nitrogen and oxygen atoms in total. The molecule has 0 aliphatic carbocycles. The zero-order valence-electron chi connectivity index (χ0n) is 9.79. The van der Waals surface area contributed by atoms with Crippen LogP contribution in [0.3, 0.4) is 0 Å². The second-order valence-corrected chi connectivity index (χ2v) is 3.90. The maximum absolute atomic E-state index is 12.6. The molecule has 2 aromatic rings. The fourth-order valence-corrected chi connectivity index (χ4v) is 1.48. The molecule has 20 heavy (non-hydrogen) atoms. The highest BCUT2D eigenvalue weighted by Gasteiger charge is 2.37. The van der Waals surface area contributed by atoms with Crippen molar-refractivity contribution in [2.45, 2.75) is 12.4 Å². The second kappa shape index (κ2) is 4.46. The lowest BCUT2D eigenvalue weighted by Gasteiger charge is -2.12. The monoisotopic (exact) mass is 296 g/mol. The van der Waals surface area contributed by atoms with Gasteiger partial charge >= 0.3 is 12.4 Å². The van der Waals surface area contributed by atoms with E-state index in [1.54, 1.807) is 0 Å². The van der Waals surface area contributed by atoms with Crippen molar-refractivity contribution in [2.24, 2.45) is 7.05 Å². The highest BCUT2D eigenvalue weighted by Crippen LogP contribution is 2.37. The molecule has 0 N–H and O–H groups in total. The van der Waals surface area contributed by atoms with E-state index in [1.807, 2.05) is 0 Å². The standard InChI is InChI=1S/C10H6F6N4/c1-20-18-8(17-19-20)5-2-6(9(11,12)13)4-7(3-5)10(14,15)16/h2-4H,1H3. The maximum Gasteiger partial charge on any atom is 0.416 e. The highest BCUT2D eigenvalue weighted by molar-refractivity contribution is 5.57. The van der Waals surface area contributed by atoms with Crippen molar-refractivity contribution in [3.63, 3.8) is 0 Å². The molecule has 1 aromatic carbocycles. The second-order valence-electron chi connectivity index (χ2n) is 3.90. The van der Waals surface area contributed by atoms with Gasteiger partial charge in [0.2, 0.25) is 5.82 Å². The van der Waals surface area contributed by atoms with E-state index in [0.717, 1.165) is 4.80 Å². The molecule has 1 aromatic heterocycles. The number of halogens is 6. The van der Waals surface area contributed by atoms with Gasteiger partial charge < -0.3 is 0 Å². The van der Waals surface area contributed by atoms with Crippen LogP contribution in [0.2, 0.25) is 0 Å². The summed E-state index contributed by atoms with van der Waals surface area (Å²) in [6.07, 6.45) is -9.81. The van der Waals surface area contributed by atoms with Crippen LogP contribution in [-0.2, 0) is 19.4 Å². The normalized spacial score (nSPS) is 12.8. The molecule has 0 saturated carbocycles. The van der Waals surface area contributed by atoms with Crippen molar-refractivity contribution < 1.29 is 26.3 Å². The summed E-state index contributed by atoms with van der Waals surface area (Å²) in [4.78, 5) is 0.933. The van der Waals surface area contributed by atoms with Crippen LogP contribution in [0.25, 0.3) is 11.4 Å². The molecule has 108 valence electrons. The Balaban J connectivity index is 2.63. The zero-order chi connectivity index (χ0) is 15.1. The Hall–Kier alpha value is -2.13. The highest BCUT2D eigenvalue weighted by atomic mass is 19.4. The Kier molecular flexibility index (Phi) is 3.18. The molecular formula is C10H6F6N4. The first-order valence-electron chi connectivity index (χ1n) is 5.11. The number of benzene rings is 1. The topological polar surface area (TPSA) is 43.6 Å². The van der Waals surface area contributed by atoms with Crippen LogP contribution in [-0.4, -0.2) is 20.2 Å². The number of nitrogens with zero attached hydrogens (tertiary/aromatic N) is 4. The summed E-state index contributed by atoms with van der Waals surface area (Å²) in [6.45, 7) is 0. The van der Waals surface area contributed by atoms with Gasteiger partial charge in [-0.1, -0.05) is 0 Å². The number of rotatable bonds is 1. The van der Waals surface area contributed by atoms with E-state index in [9.17, 15) is 26.3 Å². The first-order chi connectivity index (χ1) is 9.07. The molecule has 0 spiro atoms. The van der Waals surface area contributed by atoms with Crippen molar-refractivity contribution in [2.75, 3.05) is 0 Å². The van der Waals surface area contributed by atoms with Crippen LogP contribution in [0, 0.1) is 0 Å². The van der Waals surface area contributed by atoms with Crippen LogP contribution in [0.15, 0.2) is 18.2 Å². The molecule has 0 unspecified atom stereocenters. The Morgan fingerprint density at radius 3 is 1.75 bits per heavy atom. The van der Waals surface area contributed by atoms with Gasteiger partial charge in [0.25, 0.3) is 0 Å². The van der Waals surface area contributed by atoms with E-state index in [1.165, 1.54) is 7.05 Å². The quantitative estimate of drug-likeness (QED) is 0.760. The van der Waals surface area contributed by atoms with Gasteiger partial charge in [-0.05, 0) is 23.4 Å². The van der Waals surface area contributed by atoms with Gasteiger partial charge in [-0.3, -0.25) is 0 Å². The SMILES string of the molecule is Cn1nnc(-c2cc(C(F)(F)F)cc(C(F)(F)F)c2)n1. The zero-order valence-corrected chi connectivity index (χ0v) is 9.79. The summed E-state index contributed by atoms with van der Waals surface area (Å²) in [5, 5.41) is 10.4. The molecule has 0 bridgehead atoms. The lowest BCUT2D eigenvalue weighted by molar-refractivity contribution is -0.143. The molecular weight excluding hydrogens is 290 g/mol. The summed E-state index contributed by atoms with van der Waals surface area (Å²) in [7, 11) is 1.34. The molecule has 0 radical (unpaired) electrons. The number of alkyl halides is 6. The van der Waals surface area contributed by atoms with Gasteiger partial charge in [-0.15, -0.1) is 10.2 Å². The van der Waals surface area contributed by atoms with Crippen LogP contribution in [0.1, 0.15) is 11.1 Å². The largest absolute Gasteiger partial charge is 0.416 e. The fraction of sp³-hybridized carbons (Fsp3) is 0.300. The number of tetrazole rings is 1. The van der Waals surface area contributed by atoms with Crippen molar-refractivity contribution in [3.05, 3.63) is 29.3 Å². The number of aryl methyl sites for hydroxylation is 1. The molecule has 0 fully saturated rings. The minimum Gasteiger partial charge on any atom is -0.167 e. The van der Waals surface area contributed by atoms with Gasteiger partial charge in [-0.25, -0.2) is 0 Å². The third-order valence-corrected chi connectivity index (χ3v) is 2.35.